The minimum atomic E-state index is -4.93. The van der Waals surface area contributed by atoms with E-state index in [-0.39, 0.29) is 25.7 Å². The molecule has 3 N–H and O–H groups in total. The predicted molar refractivity (Wildman–Crippen MR) is 299 cm³/mol. The van der Waals surface area contributed by atoms with Crippen LogP contribution in [0.3, 0.4) is 0 Å². The molecule has 2 unspecified atom stereocenters. The number of aliphatic hydroxyl groups excluding tert-OH is 1. The Morgan fingerprint density at radius 2 is 0.526 bits per heavy atom. The van der Waals surface area contributed by atoms with Gasteiger partial charge < -0.3 is 33.8 Å². The number of unbranched alkanes of at least 4 members (excludes halogenated alkanes) is 32. The van der Waals surface area contributed by atoms with Gasteiger partial charge in [-0.05, 0) is 25.7 Å². The van der Waals surface area contributed by atoms with Gasteiger partial charge in [0, 0.05) is 25.7 Å². The summed E-state index contributed by atoms with van der Waals surface area (Å²) in [5, 5.41) is 10.5. The van der Waals surface area contributed by atoms with Crippen LogP contribution >= 0.6 is 15.6 Å². The Morgan fingerprint density at radius 3 is 0.776 bits per heavy atom. The number of hydrogen-bond donors (Lipinski definition) is 3. The lowest BCUT2D eigenvalue weighted by molar-refractivity contribution is -0.161. The van der Waals surface area contributed by atoms with Gasteiger partial charge in [0.15, 0.2) is 12.2 Å². The van der Waals surface area contributed by atoms with Crippen molar-refractivity contribution >= 4 is 39.5 Å². The third-order valence-corrected chi connectivity index (χ3v) is 15.0. The molecule has 0 heterocycles. The summed E-state index contributed by atoms with van der Waals surface area (Å²) in [5.41, 5.74) is 0. The van der Waals surface area contributed by atoms with Crippen LogP contribution in [-0.2, 0) is 65.4 Å². The Kier molecular flexibility index (Phi) is 51.1. The molecule has 0 aliphatic carbocycles. The summed E-state index contributed by atoms with van der Waals surface area (Å²) in [5.74, 6) is -2.16. The van der Waals surface area contributed by atoms with E-state index in [9.17, 15) is 43.2 Å². The van der Waals surface area contributed by atoms with Gasteiger partial charge in [-0.2, -0.15) is 0 Å². The molecule has 0 fully saturated rings. The van der Waals surface area contributed by atoms with Crippen molar-refractivity contribution < 1.29 is 80.2 Å². The molecule has 0 amide bonds. The Labute approximate surface area is 460 Å². The number of rotatable bonds is 58. The smallest absolute Gasteiger partial charge is 0.462 e. The SMILES string of the molecule is CCCCCCCCCCCCCCCCCC(=O)O[C@H](COC(=O)CCCCCCCCCCC)COP(=O)(O)OC[C@@H](O)COP(=O)(O)OC[C@@H](COC(=O)CCCCCCC)OC(=O)CCCCCCCCC. The topological polar surface area (TPSA) is 237 Å². The molecule has 0 saturated heterocycles. The third kappa shape index (κ3) is 51.5. The largest absolute Gasteiger partial charge is 0.472 e. The second kappa shape index (κ2) is 52.4. The van der Waals surface area contributed by atoms with Crippen molar-refractivity contribution in [3.05, 3.63) is 0 Å². The van der Waals surface area contributed by atoms with Crippen LogP contribution in [0.5, 0.6) is 0 Å². The average molecular weight is 1130 g/mol. The van der Waals surface area contributed by atoms with Gasteiger partial charge in [0.25, 0.3) is 0 Å². The number of aliphatic hydroxyl groups is 1. The minimum Gasteiger partial charge on any atom is -0.462 e. The molecule has 0 aromatic heterocycles. The Morgan fingerprint density at radius 1 is 0.316 bits per heavy atom. The van der Waals surface area contributed by atoms with E-state index in [1.54, 1.807) is 0 Å². The van der Waals surface area contributed by atoms with Crippen LogP contribution in [0.1, 0.15) is 285 Å². The van der Waals surface area contributed by atoms with Gasteiger partial charge in [0.2, 0.25) is 0 Å². The molecule has 0 aliphatic heterocycles. The number of esters is 4. The molecule has 0 bridgehead atoms. The highest BCUT2D eigenvalue weighted by Crippen LogP contribution is 2.45. The fourth-order valence-corrected chi connectivity index (χ4v) is 9.98. The van der Waals surface area contributed by atoms with Crippen molar-refractivity contribution in [3.8, 4) is 0 Å². The van der Waals surface area contributed by atoms with E-state index in [4.69, 9.17) is 37.0 Å². The molecule has 0 spiro atoms. The first kappa shape index (κ1) is 74.1. The maximum Gasteiger partial charge on any atom is 0.472 e. The maximum absolute atomic E-state index is 12.9. The lowest BCUT2D eigenvalue weighted by Gasteiger charge is -2.21. The molecule has 76 heavy (non-hydrogen) atoms. The third-order valence-electron chi connectivity index (χ3n) is 13.1. The summed E-state index contributed by atoms with van der Waals surface area (Å²) >= 11 is 0. The molecular formula is C57H110O17P2. The number of phosphoric acid groups is 2. The lowest BCUT2D eigenvalue weighted by Crippen LogP contribution is -2.30. The van der Waals surface area contributed by atoms with Gasteiger partial charge >= 0.3 is 39.5 Å². The van der Waals surface area contributed by atoms with Gasteiger partial charge in [-0.15, -0.1) is 0 Å². The van der Waals surface area contributed by atoms with E-state index in [0.717, 1.165) is 109 Å². The summed E-state index contributed by atoms with van der Waals surface area (Å²) in [6.07, 6.45) is 35.3. The van der Waals surface area contributed by atoms with E-state index in [1.165, 1.54) is 96.3 Å². The first-order valence-electron chi connectivity index (χ1n) is 30.3. The Balaban J connectivity index is 5.13. The molecule has 17 nitrogen and oxygen atoms in total. The van der Waals surface area contributed by atoms with Crippen LogP contribution in [0.2, 0.25) is 0 Å². The number of carbonyl (C=O) groups is 4. The van der Waals surface area contributed by atoms with E-state index >= 15 is 0 Å². The molecule has 0 aromatic carbocycles. The maximum atomic E-state index is 12.9. The van der Waals surface area contributed by atoms with Crippen LogP contribution < -0.4 is 0 Å². The first-order valence-corrected chi connectivity index (χ1v) is 33.3. The lowest BCUT2D eigenvalue weighted by atomic mass is 10.0. The monoisotopic (exact) mass is 1130 g/mol. The van der Waals surface area contributed by atoms with Gasteiger partial charge in [0.1, 0.15) is 19.3 Å². The summed E-state index contributed by atoms with van der Waals surface area (Å²) in [6, 6.07) is 0. The molecule has 0 aromatic rings. The summed E-state index contributed by atoms with van der Waals surface area (Å²) in [7, 11) is -9.85. The van der Waals surface area contributed by atoms with E-state index in [1.807, 2.05) is 0 Å². The molecule has 0 radical (unpaired) electrons. The number of ether oxygens (including phenoxy) is 4. The predicted octanol–water partition coefficient (Wildman–Crippen LogP) is 15.2. The van der Waals surface area contributed by atoms with Crippen molar-refractivity contribution in [2.45, 2.75) is 303 Å². The summed E-state index contributed by atoms with van der Waals surface area (Å²) in [6.45, 7) is 4.70. The summed E-state index contributed by atoms with van der Waals surface area (Å²) in [4.78, 5) is 71.5. The van der Waals surface area contributed by atoms with Crippen molar-refractivity contribution in [1.82, 2.24) is 0 Å². The van der Waals surface area contributed by atoms with E-state index < -0.39 is 97.5 Å². The van der Waals surface area contributed by atoms with Crippen molar-refractivity contribution in [3.63, 3.8) is 0 Å². The quantitative estimate of drug-likeness (QED) is 0.0222. The minimum absolute atomic E-state index is 0.103. The summed E-state index contributed by atoms with van der Waals surface area (Å²) < 4.78 is 67.4. The van der Waals surface area contributed by atoms with Crippen molar-refractivity contribution in [2.75, 3.05) is 39.6 Å². The molecular weight excluding hydrogens is 1020 g/mol. The fourth-order valence-electron chi connectivity index (χ4n) is 8.40. The zero-order valence-corrected chi connectivity index (χ0v) is 50.0. The standard InChI is InChI=1S/C57H110O17P2/c1-5-9-13-17-20-22-23-24-25-26-27-29-32-36-40-44-57(62)74-53(48-68-55(60)42-38-34-31-28-21-18-14-10-6-2)50-72-76(65,66)70-46-51(58)45-69-75(63,64)71-49-52(47-67-54(59)41-37-33-16-12-8-4)73-56(61)43-39-35-30-19-15-11-7-3/h51-53,58H,5-50H2,1-4H3,(H,63,64)(H,65,66)/t51-,52+,53+/m0/s1. The van der Waals surface area contributed by atoms with Crippen LogP contribution in [0.4, 0.5) is 0 Å². The second-order valence-corrected chi connectivity index (χ2v) is 23.6. The number of hydrogen-bond acceptors (Lipinski definition) is 15. The van der Waals surface area contributed by atoms with Gasteiger partial charge in [-0.3, -0.25) is 37.3 Å². The molecule has 0 aliphatic rings. The highest BCUT2D eigenvalue weighted by Gasteiger charge is 2.30. The van der Waals surface area contributed by atoms with Gasteiger partial charge in [0.05, 0.1) is 26.4 Å². The molecule has 450 valence electrons. The van der Waals surface area contributed by atoms with E-state index in [2.05, 4.69) is 27.7 Å². The molecule has 0 saturated carbocycles. The zero-order chi connectivity index (χ0) is 56.2. The van der Waals surface area contributed by atoms with E-state index in [0.29, 0.717) is 25.7 Å². The number of carbonyl (C=O) groups excluding carboxylic acids is 4. The molecule has 19 heteroatoms. The highest BCUT2D eigenvalue weighted by atomic mass is 31.2. The Bertz CT molecular complexity index is 1490. The van der Waals surface area contributed by atoms with Crippen LogP contribution in [0.15, 0.2) is 0 Å². The normalized spacial score (nSPS) is 14.4. The Hall–Kier alpha value is -1.94. The van der Waals surface area contributed by atoms with Crippen molar-refractivity contribution in [2.24, 2.45) is 0 Å². The fraction of sp³-hybridized carbons (Fsp3) is 0.930. The molecule has 0 rings (SSSR count). The number of phosphoric ester groups is 2. The van der Waals surface area contributed by atoms with Crippen LogP contribution in [-0.4, -0.2) is 96.7 Å². The van der Waals surface area contributed by atoms with Crippen LogP contribution in [0, 0.1) is 0 Å². The zero-order valence-electron chi connectivity index (χ0n) is 48.2. The van der Waals surface area contributed by atoms with Crippen LogP contribution in [0.25, 0.3) is 0 Å². The van der Waals surface area contributed by atoms with Gasteiger partial charge in [-0.1, -0.05) is 233 Å². The second-order valence-electron chi connectivity index (χ2n) is 20.7. The first-order chi connectivity index (χ1) is 36.7. The molecule has 5 atom stereocenters. The highest BCUT2D eigenvalue weighted by molar-refractivity contribution is 7.47. The van der Waals surface area contributed by atoms with Crippen molar-refractivity contribution in [1.29, 1.82) is 0 Å². The average Bonchev–Trinajstić information content (AvgIpc) is 3.39. The van der Waals surface area contributed by atoms with Gasteiger partial charge in [-0.25, -0.2) is 9.13 Å².